The van der Waals surface area contributed by atoms with Gasteiger partial charge in [0.1, 0.15) is 5.60 Å². The van der Waals surface area contributed by atoms with Crippen molar-refractivity contribution in [2.75, 3.05) is 26.7 Å². The number of piperazine rings is 1. The van der Waals surface area contributed by atoms with Crippen LogP contribution in [-0.2, 0) is 14.3 Å². The summed E-state index contributed by atoms with van der Waals surface area (Å²) in [4.78, 5) is 38.2. The van der Waals surface area contributed by atoms with Crippen LogP contribution in [-0.4, -0.2) is 70.9 Å². The number of carboxylic acid groups (broad SMARTS) is 1. The van der Waals surface area contributed by atoms with E-state index in [-0.39, 0.29) is 26.1 Å². The van der Waals surface area contributed by atoms with Gasteiger partial charge in [0.15, 0.2) is 5.54 Å². The number of methoxy groups -OCH3 is 1. The zero-order valence-electron chi connectivity index (χ0n) is 13.7. The first-order valence-corrected chi connectivity index (χ1v) is 7.14. The number of ether oxygens (including phenoxy) is 2. The first-order chi connectivity index (χ1) is 10.1. The van der Waals surface area contributed by atoms with Crippen LogP contribution in [0.1, 0.15) is 34.1 Å². The third-order valence-electron chi connectivity index (χ3n) is 3.60. The van der Waals surface area contributed by atoms with Crippen molar-refractivity contribution in [1.29, 1.82) is 0 Å². The number of carbonyl (C=O) groups excluding carboxylic acids is 2. The predicted molar refractivity (Wildman–Crippen MR) is 77.6 cm³/mol. The minimum absolute atomic E-state index is 0.0253. The predicted octanol–water partition coefficient (Wildman–Crippen LogP) is 1.54. The molecule has 0 aromatic rings. The number of esters is 1. The lowest BCUT2D eigenvalue weighted by Gasteiger charge is -2.46. The molecule has 1 unspecified atom stereocenters. The molecule has 0 spiro atoms. The van der Waals surface area contributed by atoms with E-state index in [2.05, 4.69) is 0 Å². The molecule has 0 radical (unpaired) electrons. The quantitative estimate of drug-likeness (QED) is 0.776. The maximum absolute atomic E-state index is 12.2. The van der Waals surface area contributed by atoms with Gasteiger partial charge < -0.3 is 19.5 Å². The molecule has 2 amide bonds. The standard InChI is InChI=1S/C14H24N2O6/c1-6-14(10(17)21-5)9-15(7-8-16(14)11(18)19)12(20)22-13(2,3)4/h6-9H2,1-5H3,(H,18,19). The van der Waals surface area contributed by atoms with E-state index in [1.54, 1.807) is 27.7 Å². The summed E-state index contributed by atoms with van der Waals surface area (Å²) in [6, 6.07) is 0. The molecular formula is C14H24N2O6. The van der Waals surface area contributed by atoms with Crippen LogP contribution in [0, 0.1) is 0 Å². The summed E-state index contributed by atoms with van der Waals surface area (Å²) in [5, 5.41) is 9.34. The fraction of sp³-hybridized carbons (Fsp3) is 0.786. The van der Waals surface area contributed by atoms with Gasteiger partial charge in [0.25, 0.3) is 0 Å². The Morgan fingerprint density at radius 1 is 1.23 bits per heavy atom. The average molecular weight is 316 g/mol. The molecule has 1 aliphatic heterocycles. The van der Waals surface area contributed by atoms with Gasteiger partial charge in [-0.15, -0.1) is 0 Å². The molecule has 8 nitrogen and oxygen atoms in total. The third-order valence-corrected chi connectivity index (χ3v) is 3.60. The van der Waals surface area contributed by atoms with E-state index >= 15 is 0 Å². The topological polar surface area (TPSA) is 96.4 Å². The second-order valence-electron chi connectivity index (χ2n) is 6.21. The first-order valence-electron chi connectivity index (χ1n) is 7.14. The Morgan fingerprint density at radius 2 is 1.82 bits per heavy atom. The van der Waals surface area contributed by atoms with Gasteiger partial charge in [-0.05, 0) is 27.2 Å². The maximum Gasteiger partial charge on any atom is 0.410 e. The highest BCUT2D eigenvalue weighted by atomic mass is 16.6. The van der Waals surface area contributed by atoms with Gasteiger partial charge in [0, 0.05) is 13.1 Å². The second-order valence-corrected chi connectivity index (χ2v) is 6.21. The average Bonchev–Trinajstić information content (AvgIpc) is 2.43. The summed E-state index contributed by atoms with van der Waals surface area (Å²) in [6.07, 6.45) is -1.58. The number of hydrogen-bond donors (Lipinski definition) is 1. The van der Waals surface area contributed by atoms with E-state index in [9.17, 15) is 19.5 Å². The lowest BCUT2D eigenvalue weighted by molar-refractivity contribution is -0.158. The van der Waals surface area contributed by atoms with Crippen molar-refractivity contribution < 1.29 is 29.0 Å². The lowest BCUT2D eigenvalue weighted by atomic mass is 9.91. The van der Waals surface area contributed by atoms with Gasteiger partial charge in [0.2, 0.25) is 0 Å². The Balaban J connectivity index is 3.06. The van der Waals surface area contributed by atoms with E-state index in [1.165, 1.54) is 12.0 Å². The summed E-state index contributed by atoms with van der Waals surface area (Å²) in [5.41, 5.74) is -2.07. The first kappa shape index (κ1) is 18.1. The molecule has 8 heteroatoms. The summed E-state index contributed by atoms with van der Waals surface area (Å²) >= 11 is 0. The van der Waals surface area contributed by atoms with Crippen LogP contribution in [0.25, 0.3) is 0 Å². The van der Waals surface area contributed by atoms with Crippen LogP contribution in [0.4, 0.5) is 9.59 Å². The summed E-state index contributed by atoms with van der Waals surface area (Å²) < 4.78 is 10.1. The summed E-state index contributed by atoms with van der Waals surface area (Å²) in [7, 11) is 1.20. The molecule has 0 aromatic heterocycles. The van der Waals surface area contributed by atoms with Crippen LogP contribution < -0.4 is 0 Å². The Kier molecular flexibility index (Phi) is 5.26. The third kappa shape index (κ3) is 3.61. The van der Waals surface area contributed by atoms with Crippen LogP contribution in [0.15, 0.2) is 0 Å². The molecule has 0 saturated carbocycles. The van der Waals surface area contributed by atoms with Gasteiger partial charge in [-0.1, -0.05) is 6.92 Å². The molecule has 1 saturated heterocycles. The van der Waals surface area contributed by atoms with Crippen LogP contribution in [0.2, 0.25) is 0 Å². The normalized spacial score (nSPS) is 22.2. The minimum Gasteiger partial charge on any atom is -0.467 e. The highest BCUT2D eigenvalue weighted by Gasteiger charge is 2.51. The monoisotopic (exact) mass is 316 g/mol. The molecule has 1 fully saturated rings. The molecule has 0 bridgehead atoms. The van der Waals surface area contributed by atoms with Gasteiger partial charge in [0.05, 0.1) is 13.7 Å². The van der Waals surface area contributed by atoms with Crippen LogP contribution in [0.3, 0.4) is 0 Å². The number of rotatable bonds is 2. The molecule has 0 aliphatic carbocycles. The van der Waals surface area contributed by atoms with E-state index < -0.39 is 29.3 Å². The molecule has 1 heterocycles. The van der Waals surface area contributed by atoms with E-state index in [4.69, 9.17) is 9.47 Å². The Labute approximate surface area is 130 Å². The Morgan fingerprint density at radius 3 is 2.23 bits per heavy atom. The highest BCUT2D eigenvalue weighted by Crippen LogP contribution is 2.28. The maximum atomic E-state index is 12.2. The molecule has 22 heavy (non-hydrogen) atoms. The SMILES string of the molecule is CCC1(C(=O)OC)CN(C(=O)OC(C)(C)C)CCN1C(=O)O. The van der Waals surface area contributed by atoms with E-state index in [0.29, 0.717) is 0 Å². The number of amides is 2. The van der Waals surface area contributed by atoms with Gasteiger partial charge in [-0.3, -0.25) is 4.90 Å². The van der Waals surface area contributed by atoms with Crippen molar-refractivity contribution >= 4 is 18.2 Å². The molecular weight excluding hydrogens is 292 g/mol. The fourth-order valence-electron chi connectivity index (χ4n) is 2.49. The van der Waals surface area contributed by atoms with Crippen LogP contribution in [0.5, 0.6) is 0 Å². The van der Waals surface area contributed by atoms with Crippen molar-refractivity contribution in [2.45, 2.75) is 45.3 Å². The Hall–Kier alpha value is -1.99. The van der Waals surface area contributed by atoms with Crippen molar-refractivity contribution in [1.82, 2.24) is 9.80 Å². The number of hydrogen-bond acceptors (Lipinski definition) is 5. The smallest absolute Gasteiger partial charge is 0.410 e. The molecule has 1 rings (SSSR count). The largest absolute Gasteiger partial charge is 0.467 e. The summed E-state index contributed by atoms with van der Waals surface area (Å²) in [5.74, 6) is -0.675. The van der Waals surface area contributed by atoms with Crippen molar-refractivity contribution in [3.8, 4) is 0 Å². The molecule has 0 aromatic carbocycles. The van der Waals surface area contributed by atoms with Crippen molar-refractivity contribution in [3.63, 3.8) is 0 Å². The molecule has 1 aliphatic rings. The van der Waals surface area contributed by atoms with E-state index in [1.807, 2.05) is 0 Å². The van der Waals surface area contributed by atoms with Crippen molar-refractivity contribution in [3.05, 3.63) is 0 Å². The zero-order chi connectivity index (χ0) is 17.1. The van der Waals surface area contributed by atoms with Crippen molar-refractivity contribution in [2.24, 2.45) is 0 Å². The van der Waals surface area contributed by atoms with Crippen LogP contribution >= 0.6 is 0 Å². The van der Waals surface area contributed by atoms with Gasteiger partial charge in [-0.25, -0.2) is 14.4 Å². The molecule has 126 valence electrons. The Bertz CT molecular complexity index is 459. The van der Waals surface area contributed by atoms with Gasteiger partial charge in [-0.2, -0.15) is 0 Å². The number of carbonyl (C=O) groups is 3. The molecule has 1 N–H and O–H groups in total. The minimum atomic E-state index is -1.41. The highest BCUT2D eigenvalue weighted by molar-refractivity contribution is 5.87. The lowest BCUT2D eigenvalue weighted by Crippen LogP contribution is -2.68. The number of nitrogens with zero attached hydrogens (tertiary/aromatic N) is 2. The zero-order valence-corrected chi connectivity index (χ0v) is 13.7. The van der Waals surface area contributed by atoms with Gasteiger partial charge >= 0.3 is 18.2 Å². The van der Waals surface area contributed by atoms with E-state index in [0.717, 1.165) is 4.90 Å². The second kappa shape index (κ2) is 6.41. The molecule has 1 atom stereocenters. The fourth-order valence-corrected chi connectivity index (χ4v) is 2.49. The summed E-state index contributed by atoms with van der Waals surface area (Å²) in [6.45, 7) is 7.02.